The number of thiophene rings is 1. The van der Waals surface area contributed by atoms with Crippen molar-refractivity contribution in [3.63, 3.8) is 0 Å². The number of nitrogens with zero attached hydrogens (tertiary/aromatic N) is 3. The van der Waals surface area contributed by atoms with E-state index < -0.39 is 0 Å². The number of aryl methyl sites for hydroxylation is 3. The van der Waals surface area contributed by atoms with Crippen LogP contribution in [0.3, 0.4) is 0 Å². The zero-order chi connectivity index (χ0) is 16.8. The summed E-state index contributed by atoms with van der Waals surface area (Å²) in [6, 6.07) is 4.39. The van der Waals surface area contributed by atoms with Crippen molar-refractivity contribution in [1.29, 1.82) is 0 Å². The first-order valence-corrected chi connectivity index (χ1v) is 8.95. The van der Waals surface area contributed by atoms with Gasteiger partial charge in [-0.2, -0.15) is 5.10 Å². The summed E-state index contributed by atoms with van der Waals surface area (Å²) >= 11 is 1.86. The van der Waals surface area contributed by atoms with Crippen LogP contribution in [0.1, 0.15) is 40.6 Å². The molecule has 0 aliphatic heterocycles. The van der Waals surface area contributed by atoms with Gasteiger partial charge in [0.2, 0.25) is 0 Å². The Kier molecular flexibility index (Phi) is 8.75. The Labute approximate surface area is 166 Å². The van der Waals surface area contributed by atoms with E-state index in [0.29, 0.717) is 6.54 Å². The van der Waals surface area contributed by atoms with Crippen LogP contribution in [0.25, 0.3) is 0 Å². The second kappa shape index (κ2) is 10.0. The third-order valence-corrected chi connectivity index (χ3v) is 5.12. The smallest absolute Gasteiger partial charge is 0.191 e. The summed E-state index contributed by atoms with van der Waals surface area (Å²) in [5.74, 6) is 0.849. The quantitative estimate of drug-likeness (QED) is 0.393. The molecule has 2 aromatic heterocycles. The van der Waals surface area contributed by atoms with Gasteiger partial charge in [-0.05, 0) is 39.3 Å². The molecule has 2 heterocycles. The van der Waals surface area contributed by atoms with Crippen LogP contribution in [-0.4, -0.2) is 22.3 Å². The van der Waals surface area contributed by atoms with Crippen molar-refractivity contribution in [3.8, 4) is 0 Å². The van der Waals surface area contributed by atoms with E-state index in [1.807, 2.05) is 30.0 Å². The van der Waals surface area contributed by atoms with Crippen LogP contribution < -0.4 is 10.6 Å². The molecule has 2 N–H and O–H groups in total. The lowest BCUT2D eigenvalue weighted by Gasteiger charge is -2.10. The molecule has 0 saturated carbocycles. The maximum Gasteiger partial charge on any atom is 0.191 e. The molecule has 0 unspecified atom stereocenters. The van der Waals surface area contributed by atoms with Crippen molar-refractivity contribution in [3.05, 3.63) is 38.8 Å². The maximum absolute atomic E-state index is 4.71. The molecule has 2 rings (SSSR count). The SMILES string of the molecule is CCNC(=NCc1c(C)nn(C)c1C)NCc1ccc(CC)s1.I. The largest absolute Gasteiger partial charge is 0.357 e. The summed E-state index contributed by atoms with van der Waals surface area (Å²) in [6.07, 6.45) is 1.10. The number of nitrogens with one attached hydrogen (secondary N) is 2. The summed E-state index contributed by atoms with van der Waals surface area (Å²) < 4.78 is 1.92. The first-order chi connectivity index (χ1) is 11.0. The highest BCUT2D eigenvalue weighted by Crippen LogP contribution is 2.16. The van der Waals surface area contributed by atoms with Gasteiger partial charge in [0.15, 0.2) is 5.96 Å². The Hall–Kier alpha value is -1.09. The molecule has 7 heteroatoms. The zero-order valence-corrected chi connectivity index (χ0v) is 18.3. The number of aliphatic imine (C=N–C) groups is 1. The van der Waals surface area contributed by atoms with E-state index in [9.17, 15) is 0 Å². The lowest BCUT2D eigenvalue weighted by atomic mass is 10.2. The summed E-state index contributed by atoms with van der Waals surface area (Å²) in [5.41, 5.74) is 3.43. The third kappa shape index (κ3) is 5.47. The molecule has 2 aromatic rings. The number of halogens is 1. The van der Waals surface area contributed by atoms with E-state index in [1.165, 1.54) is 21.0 Å². The molecule has 0 bridgehead atoms. The van der Waals surface area contributed by atoms with E-state index in [0.717, 1.165) is 31.2 Å². The molecule has 0 fully saturated rings. The van der Waals surface area contributed by atoms with Crippen molar-refractivity contribution in [2.24, 2.45) is 12.0 Å². The van der Waals surface area contributed by atoms with Crippen LogP contribution in [-0.2, 0) is 26.6 Å². The third-order valence-electron chi connectivity index (χ3n) is 3.89. The fourth-order valence-corrected chi connectivity index (χ4v) is 3.32. The number of guanidine groups is 1. The van der Waals surface area contributed by atoms with Crippen LogP contribution in [0.5, 0.6) is 0 Å². The molecule has 5 nitrogen and oxygen atoms in total. The Bertz CT molecular complexity index is 675. The minimum Gasteiger partial charge on any atom is -0.357 e. The van der Waals surface area contributed by atoms with E-state index >= 15 is 0 Å². The van der Waals surface area contributed by atoms with Gasteiger partial charge in [0.25, 0.3) is 0 Å². The zero-order valence-electron chi connectivity index (χ0n) is 15.1. The number of rotatable bonds is 6. The Morgan fingerprint density at radius 1 is 1.21 bits per heavy atom. The average Bonchev–Trinajstić information content (AvgIpc) is 3.08. The molecular weight excluding hydrogens is 433 g/mol. The molecule has 0 atom stereocenters. The molecule has 0 radical (unpaired) electrons. The molecule has 0 spiro atoms. The van der Waals surface area contributed by atoms with Gasteiger partial charge in [0.1, 0.15) is 0 Å². The predicted molar refractivity (Wildman–Crippen MR) is 113 cm³/mol. The van der Waals surface area contributed by atoms with Crippen molar-refractivity contribution in [1.82, 2.24) is 20.4 Å². The van der Waals surface area contributed by atoms with E-state index in [1.54, 1.807) is 0 Å². The lowest BCUT2D eigenvalue weighted by Crippen LogP contribution is -2.36. The van der Waals surface area contributed by atoms with Gasteiger partial charge in [0, 0.05) is 34.6 Å². The highest BCUT2D eigenvalue weighted by Gasteiger charge is 2.09. The van der Waals surface area contributed by atoms with Gasteiger partial charge < -0.3 is 10.6 Å². The first kappa shape index (κ1) is 21.0. The summed E-state index contributed by atoms with van der Waals surface area (Å²) in [7, 11) is 1.97. The molecule has 0 aliphatic rings. The number of hydrogen-bond donors (Lipinski definition) is 2. The van der Waals surface area contributed by atoms with E-state index in [4.69, 9.17) is 4.99 Å². The lowest BCUT2D eigenvalue weighted by molar-refractivity contribution is 0.730. The van der Waals surface area contributed by atoms with Crippen molar-refractivity contribution >= 4 is 41.3 Å². The van der Waals surface area contributed by atoms with Gasteiger partial charge in [-0.25, -0.2) is 4.99 Å². The topological polar surface area (TPSA) is 54.2 Å². The van der Waals surface area contributed by atoms with Crippen LogP contribution >= 0.6 is 35.3 Å². The van der Waals surface area contributed by atoms with Gasteiger partial charge in [-0.15, -0.1) is 35.3 Å². The van der Waals surface area contributed by atoms with Gasteiger partial charge >= 0.3 is 0 Å². The Balaban J connectivity index is 0.00000288. The van der Waals surface area contributed by atoms with Crippen LogP contribution in [0.4, 0.5) is 0 Å². The minimum atomic E-state index is 0. The predicted octanol–water partition coefficient (Wildman–Crippen LogP) is 3.53. The monoisotopic (exact) mass is 461 g/mol. The summed E-state index contributed by atoms with van der Waals surface area (Å²) in [5, 5.41) is 11.2. The van der Waals surface area contributed by atoms with Crippen LogP contribution in [0, 0.1) is 13.8 Å². The molecular formula is C17H28IN5S. The van der Waals surface area contributed by atoms with E-state index in [-0.39, 0.29) is 24.0 Å². The number of aromatic nitrogens is 2. The standard InChI is InChI=1S/C17H27N5S.HI/c1-6-14-8-9-15(23-14)10-19-17(18-7-2)20-11-16-12(3)21-22(5)13(16)4;/h8-9H,6-7,10-11H2,1-5H3,(H2,18,19,20);1H. The second-order valence-corrected chi connectivity index (χ2v) is 6.80. The fraction of sp³-hybridized carbons (Fsp3) is 0.529. The van der Waals surface area contributed by atoms with Gasteiger partial charge in [-0.3, -0.25) is 4.68 Å². The van der Waals surface area contributed by atoms with Gasteiger partial charge in [0.05, 0.1) is 18.8 Å². The highest BCUT2D eigenvalue weighted by atomic mass is 127. The summed E-state index contributed by atoms with van der Waals surface area (Å²) in [6.45, 7) is 10.7. The van der Waals surface area contributed by atoms with Gasteiger partial charge in [-0.1, -0.05) is 6.92 Å². The maximum atomic E-state index is 4.71. The van der Waals surface area contributed by atoms with Crippen LogP contribution in [0.15, 0.2) is 17.1 Å². The van der Waals surface area contributed by atoms with Crippen molar-refractivity contribution in [2.45, 2.75) is 47.2 Å². The molecule has 0 amide bonds. The van der Waals surface area contributed by atoms with E-state index in [2.05, 4.69) is 48.6 Å². The Morgan fingerprint density at radius 2 is 1.92 bits per heavy atom. The molecule has 24 heavy (non-hydrogen) atoms. The first-order valence-electron chi connectivity index (χ1n) is 8.14. The van der Waals surface area contributed by atoms with Crippen molar-refractivity contribution < 1.29 is 0 Å². The molecule has 0 aliphatic carbocycles. The fourth-order valence-electron chi connectivity index (χ4n) is 2.42. The minimum absolute atomic E-state index is 0. The van der Waals surface area contributed by atoms with Crippen LogP contribution in [0.2, 0.25) is 0 Å². The normalized spacial score (nSPS) is 11.3. The van der Waals surface area contributed by atoms with Crippen molar-refractivity contribution in [2.75, 3.05) is 6.54 Å². The molecule has 0 saturated heterocycles. The summed E-state index contributed by atoms with van der Waals surface area (Å²) in [4.78, 5) is 7.46. The second-order valence-electron chi connectivity index (χ2n) is 5.54. The highest BCUT2D eigenvalue weighted by molar-refractivity contribution is 14.0. The average molecular weight is 461 g/mol. The Morgan fingerprint density at radius 3 is 2.46 bits per heavy atom. The molecule has 134 valence electrons. The molecule has 0 aromatic carbocycles. The number of hydrogen-bond acceptors (Lipinski definition) is 3.